The van der Waals surface area contributed by atoms with Gasteiger partial charge in [-0.2, -0.15) is 0 Å². The molecule has 4 nitrogen and oxygen atoms in total. The highest BCUT2D eigenvalue weighted by atomic mass is 16.1. The highest BCUT2D eigenvalue weighted by Gasteiger charge is 2.69. The van der Waals surface area contributed by atoms with E-state index in [4.69, 9.17) is 6.57 Å². The highest BCUT2D eigenvalue weighted by Crippen LogP contribution is 2.75. The molecule has 0 spiro atoms. The van der Waals surface area contributed by atoms with Crippen molar-refractivity contribution < 1.29 is 14.4 Å². The fraction of sp³-hybridized carbons (Fsp3) is 0.765. The van der Waals surface area contributed by atoms with E-state index in [1.807, 2.05) is 26.0 Å². The molecular weight excluding hydrogens is 470 g/mol. The number of allylic oxidation sites excluding steroid dienone is 4. The van der Waals surface area contributed by atoms with E-state index in [-0.39, 0.29) is 62.5 Å². The Balaban J connectivity index is 1.66. The van der Waals surface area contributed by atoms with Gasteiger partial charge in [-0.05, 0) is 97.9 Å². The van der Waals surface area contributed by atoms with Crippen LogP contribution in [-0.2, 0) is 14.4 Å². The van der Waals surface area contributed by atoms with E-state index in [0.29, 0.717) is 6.42 Å². The van der Waals surface area contributed by atoms with Gasteiger partial charge in [0.05, 0.1) is 6.57 Å². The molecule has 0 unspecified atom stereocenters. The van der Waals surface area contributed by atoms with Crippen molar-refractivity contribution in [3.63, 3.8) is 0 Å². The Kier molecular flexibility index (Phi) is 5.98. The lowest BCUT2D eigenvalue weighted by Gasteiger charge is -2.69. The first kappa shape index (κ1) is 27.5. The molecule has 0 bridgehead atoms. The van der Waals surface area contributed by atoms with Gasteiger partial charge in [0.15, 0.2) is 11.6 Å². The molecule has 0 aromatic carbocycles. The van der Waals surface area contributed by atoms with Gasteiger partial charge >= 0.3 is 0 Å². The standard InChI is InChI=1S/C34H47NO3/c1-21(36)10-13-34-16-14-29(2,3)19-22(34)27-24(37)18-26-31(6)20-23(35-9)28(38)30(4,5)25(31)11-12-32(26,7)33(27,8)15-17-34/h18,20,22,25,27H,10-17,19H2,1-8H3/t22-,25-,27-,31-,32+,33+,34+/m0/s1. The lowest BCUT2D eigenvalue weighted by Crippen LogP contribution is -2.64. The molecule has 5 aliphatic carbocycles. The van der Waals surface area contributed by atoms with Crippen molar-refractivity contribution in [2.45, 2.75) is 113 Å². The fourth-order valence-corrected chi connectivity index (χ4v) is 10.6. The van der Waals surface area contributed by atoms with E-state index in [2.05, 4.69) is 39.5 Å². The van der Waals surface area contributed by atoms with Crippen LogP contribution in [0.15, 0.2) is 23.4 Å². The minimum absolute atomic E-state index is 0.0424. The van der Waals surface area contributed by atoms with Crippen LogP contribution in [0.3, 0.4) is 0 Å². The number of carbonyl (C=O) groups is 3. The molecule has 3 fully saturated rings. The molecule has 5 rings (SSSR count). The normalized spacial score (nSPS) is 44.9. The van der Waals surface area contributed by atoms with Gasteiger partial charge in [0.25, 0.3) is 0 Å². The molecule has 3 saturated carbocycles. The fourth-order valence-electron chi connectivity index (χ4n) is 10.6. The van der Waals surface area contributed by atoms with Gasteiger partial charge in [0.2, 0.25) is 5.70 Å². The van der Waals surface area contributed by atoms with Crippen molar-refractivity contribution in [3.8, 4) is 0 Å². The topological polar surface area (TPSA) is 55.6 Å². The van der Waals surface area contributed by atoms with Crippen LogP contribution in [0.5, 0.6) is 0 Å². The molecule has 0 heterocycles. The zero-order valence-electron chi connectivity index (χ0n) is 24.9. The quantitative estimate of drug-likeness (QED) is 0.357. The maximum absolute atomic E-state index is 14.5. The first-order valence-corrected chi connectivity index (χ1v) is 14.9. The molecule has 206 valence electrons. The van der Waals surface area contributed by atoms with Crippen molar-refractivity contribution in [1.29, 1.82) is 0 Å². The lowest BCUT2D eigenvalue weighted by molar-refractivity contribution is -0.172. The number of hydrogen-bond acceptors (Lipinski definition) is 3. The van der Waals surface area contributed by atoms with Crippen molar-refractivity contribution in [1.82, 2.24) is 0 Å². The Hall–Kier alpha value is -2.02. The molecule has 0 aliphatic heterocycles. The highest BCUT2D eigenvalue weighted by molar-refractivity contribution is 6.03. The smallest absolute Gasteiger partial charge is 0.226 e. The van der Waals surface area contributed by atoms with Gasteiger partial charge in [-0.25, -0.2) is 4.85 Å². The average molecular weight is 518 g/mol. The van der Waals surface area contributed by atoms with Crippen molar-refractivity contribution in [2.75, 3.05) is 0 Å². The SMILES string of the molecule is [C-]#[N+]C1=C[C@]2(C)C3=CC(=O)[C@@H]4[C@@H]5CC(C)(C)CC[C@]5(CCC(C)=O)CC[C@@]4(C)[C@]3(C)CC[C@H]2C(C)(C)C1=O. The molecule has 0 amide bonds. The van der Waals surface area contributed by atoms with Gasteiger partial charge in [0, 0.05) is 23.2 Å². The number of Topliss-reactive ketones (excluding diaryl/α,β-unsaturated/α-hetero) is 2. The molecule has 4 heteroatoms. The summed E-state index contributed by atoms with van der Waals surface area (Å²) in [6.45, 7) is 25.2. The van der Waals surface area contributed by atoms with Gasteiger partial charge in [0.1, 0.15) is 5.78 Å². The van der Waals surface area contributed by atoms with Gasteiger partial charge in [-0.1, -0.05) is 60.1 Å². The average Bonchev–Trinajstić information content (AvgIpc) is 2.82. The summed E-state index contributed by atoms with van der Waals surface area (Å²) in [6, 6.07) is 0. The molecule has 0 saturated heterocycles. The third kappa shape index (κ3) is 3.49. The van der Waals surface area contributed by atoms with E-state index in [1.165, 1.54) is 0 Å². The third-order valence-electron chi connectivity index (χ3n) is 13.0. The summed E-state index contributed by atoms with van der Waals surface area (Å²) in [5.41, 5.74) is 0.191. The summed E-state index contributed by atoms with van der Waals surface area (Å²) in [6.07, 6.45) is 12.7. The molecule has 0 aromatic heterocycles. The predicted molar refractivity (Wildman–Crippen MR) is 150 cm³/mol. The predicted octanol–water partition coefficient (Wildman–Crippen LogP) is 7.93. The van der Waals surface area contributed by atoms with E-state index >= 15 is 0 Å². The van der Waals surface area contributed by atoms with E-state index in [9.17, 15) is 14.4 Å². The van der Waals surface area contributed by atoms with Gasteiger partial charge in [-0.3, -0.25) is 4.79 Å². The molecule has 5 aliphatic rings. The summed E-state index contributed by atoms with van der Waals surface area (Å²) in [4.78, 5) is 43.5. The van der Waals surface area contributed by atoms with Crippen LogP contribution in [-0.4, -0.2) is 17.3 Å². The number of ketones is 3. The summed E-state index contributed by atoms with van der Waals surface area (Å²) in [5, 5.41) is 0. The van der Waals surface area contributed by atoms with Crippen LogP contribution in [0, 0.1) is 56.8 Å². The van der Waals surface area contributed by atoms with Crippen LogP contribution in [0.25, 0.3) is 4.85 Å². The van der Waals surface area contributed by atoms with Crippen LogP contribution in [0.2, 0.25) is 0 Å². The van der Waals surface area contributed by atoms with Crippen LogP contribution < -0.4 is 0 Å². The molecule has 7 atom stereocenters. The maximum atomic E-state index is 14.5. The molecule has 0 N–H and O–H groups in total. The minimum Gasteiger partial charge on any atom is -0.307 e. The lowest BCUT2D eigenvalue weighted by atomic mass is 9.34. The Labute approximate surface area is 229 Å². The monoisotopic (exact) mass is 517 g/mol. The largest absolute Gasteiger partial charge is 0.307 e. The number of rotatable bonds is 3. The second-order valence-electron chi connectivity index (χ2n) is 15.8. The third-order valence-corrected chi connectivity index (χ3v) is 13.0. The van der Waals surface area contributed by atoms with E-state index in [1.54, 1.807) is 6.92 Å². The summed E-state index contributed by atoms with van der Waals surface area (Å²) >= 11 is 0. The van der Waals surface area contributed by atoms with E-state index in [0.717, 1.165) is 56.9 Å². The van der Waals surface area contributed by atoms with Crippen molar-refractivity contribution in [3.05, 3.63) is 34.8 Å². The Morgan fingerprint density at radius 2 is 1.66 bits per heavy atom. The maximum Gasteiger partial charge on any atom is 0.226 e. The van der Waals surface area contributed by atoms with Gasteiger partial charge in [-0.15, -0.1) is 0 Å². The van der Waals surface area contributed by atoms with E-state index < -0.39 is 10.8 Å². The second kappa shape index (κ2) is 8.25. The Morgan fingerprint density at radius 3 is 2.29 bits per heavy atom. The first-order valence-electron chi connectivity index (χ1n) is 14.9. The van der Waals surface area contributed by atoms with Crippen molar-refractivity contribution in [2.24, 2.45) is 50.2 Å². The second-order valence-corrected chi connectivity index (χ2v) is 15.8. The van der Waals surface area contributed by atoms with Crippen LogP contribution in [0.1, 0.15) is 113 Å². The molecular formula is C34H47NO3. The summed E-state index contributed by atoms with van der Waals surface area (Å²) in [5.74, 6) is 0.775. The Morgan fingerprint density at radius 1 is 1.00 bits per heavy atom. The zero-order valence-corrected chi connectivity index (χ0v) is 24.9. The summed E-state index contributed by atoms with van der Waals surface area (Å²) < 4.78 is 0. The minimum atomic E-state index is -0.631. The van der Waals surface area contributed by atoms with Crippen LogP contribution in [0.4, 0.5) is 0 Å². The Bertz CT molecular complexity index is 1210. The molecule has 0 aromatic rings. The first-order chi connectivity index (χ1) is 17.5. The number of fused-ring (bicyclic) bond motifs is 7. The number of hydrogen-bond donors (Lipinski definition) is 0. The molecule has 38 heavy (non-hydrogen) atoms. The van der Waals surface area contributed by atoms with Crippen molar-refractivity contribution >= 4 is 17.3 Å². The number of nitrogens with zero attached hydrogens (tertiary/aromatic N) is 1. The zero-order chi connectivity index (χ0) is 28.1. The van der Waals surface area contributed by atoms with Gasteiger partial charge < -0.3 is 9.59 Å². The van der Waals surface area contributed by atoms with Crippen LogP contribution >= 0.6 is 0 Å². The molecule has 0 radical (unpaired) electrons. The summed E-state index contributed by atoms with van der Waals surface area (Å²) in [7, 11) is 0. The number of carbonyl (C=O) groups excluding carboxylic acids is 3.